The van der Waals surface area contributed by atoms with Crippen LogP contribution in [-0.2, 0) is 10.2 Å². The molecule has 0 amide bonds. The van der Waals surface area contributed by atoms with Gasteiger partial charge in [-0.2, -0.15) is 0 Å². The van der Waals surface area contributed by atoms with Gasteiger partial charge in [-0.25, -0.2) is 4.39 Å². The van der Waals surface area contributed by atoms with Crippen molar-refractivity contribution in [2.24, 2.45) is 0 Å². The maximum atomic E-state index is 14.4. The van der Waals surface area contributed by atoms with E-state index in [1.165, 1.54) is 19.2 Å². The standard InChI is InChI=1S/C14H16ClFO3/c1-19-10-6-5-9(12(16)11(10)15)14(13(17)18)7-3-2-4-8-14/h5-6H,2-4,7-8H2,1H3,(H,17,18). The predicted molar refractivity (Wildman–Crippen MR) is 70.4 cm³/mol. The molecule has 1 N–H and O–H groups in total. The number of carboxylic acids is 1. The number of rotatable bonds is 3. The van der Waals surface area contributed by atoms with Crippen LogP contribution in [0.3, 0.4) is 0 Å². The summed E-state index contributed by atoms with van der Waals surface area (Å²) in [6.07, 6.45) is 3.45. The number of ether oxygens (including phenoxy) is 1. The molecule has 19 heavy (non-hydrogen) atoms. The third-order valence-electron chi connectivity index (χ3n) is 3.90. The Morgan fingerprint density at radius 3 is 2.53 bits per heavy atom. The van der Waals surface area contributed by atoms with Gasteiger partial charge in [0.05, 0.1) is 12.5 Å². The molecule has 0 heterocycles. The van der Waals surface area contributed by atoms with Gasteiger partial charge in [-0.1, -0.05) is 36.9 Å². The summed E-state index contributed by atoms with van der Waals surface area (Å²) >= 11 is 5.89. The molecule has 0 spiro atoms. The largest absolute Gasteiger partial charge is 0.495 e. The van der Waals surface area contributed by atoms with Crippen molar-refractivity contribution in [1.29, 1.82) is 0 Å². The number of carboxylic acid groups (broad SMARTS) is 1. The number of hydrogen-bond acceptors (Lipinski definition) is 2. The molecule has 104 valence electrons. The zero-order chi connectivity index (χ0) is 14.0. The van der Waals surface area contributed by atoms with Crippen molar-refractivity contribution in [3.8, 4) is 5.75 Å². The molecule has 0 aromatic heterocycles. The van der Waals surface area contributed by atoms with Crippen molar-refractivity contribution >= 4 is 17.6 Å². The fourth-order valence-corrected chi connectivity index (χ4v) is 3.05. The maximum absolute atomic E-state index is 14.4. The summed E-state index contributed by atoms with van der Waals surface area (Å²) in [5, 5.41) is 9.40. The molecule has 0 aliphatic heterocycles. The summed E-state index contributed by atoms with van der Waals surface area (Å²) < 4.78 is 19.3. The number of benzene rings is 1. The number of carbonyl (C=O) groups is 1. The fourth-order valence-electron chi connectivity index (χ4n) is 2.81. The van der Waals surface area contributed by atoms with Crippen LogP contribution in [0.5, 0.6) is 5.75 Å². The quantitative estimate of drug-likeness (QED) is 0.920. The summed E-state index contributed by atoms with van der Waals surface area (Å²) in [6.45, 7) is 0. The molecular formula is C14H16ClFO3. The minimum Gasteiger partial charge on any atom is -0.495 e. The molecular weight excluding hydrogens is 271 g/mol. The van der Waals surface area contributed by atoms with Crippen LogP contribution in [0.4, 0.5) is 4.39 Å². The van der Waals surface area contributed by atoms with Gasteiger partial charge in [-0.3, -0.25) is 4.79 Å². The smallest absolute Gasteiger partial charge is 0.314 e. The van der Waals surface area contributed by atoms with Gasteiger partial charge >= 0.3 is 5.97 Å². The number of aliphatic carboxylic acids is 1. The average molecular weight is 287 g/mol. The lowest BCUT2D eigenvalue weighted by molar-refractivity contribution is -0.145. The van der Waals surface area contributed by atoms with E-state index in [1.54, 1.807) is 0 Å². The van der Waals surface area contributed by atoms with Crippen LogP contribution in [0.1, 0.15) is 37.7 Å². The van der Waals surface area contributed by atoms with Crippen molar-refractivity contribution in [1.82, 2.24) is 0 Å². The lowest BCUT2D eigenvalue weighted by atomic mass is 9.69. The highest BCUT2D eigenvalue weighted by molar-refractivity contribution is 6.32. The summed E-state index contributed by atoms with van der Waals surface area (Å²) in [7, 11) is 1.40. The van der Waals surface area contributed by atoms with Crippen molar-refractivity contribution in [3.05, 3.63) is 28.5 Å². The number of hydrogen-bond donors (Lipinski definition) is 1. The number of methoxy groups -OCH3 is 1. The predicted octanol–water partition coefficient (Wildman–Crippen LogP) is 3.77. The SMILES string of the molecule is COc1ccc(C2(C(=O)O)CCCCC2)c(F)c1Cl. The molecule has 1 aromatic carbocycles. The van der Waals surface area contributed by atoms with E-state index in [4.69, 9.17) is 16.3 Å². The molecule has 0 radical (unpaired) electrons. The van der Waals surface area contributed by atoms with Gasteiger partial charge < -0.3 is 9.84 Å². The Morgan fingerprint density at radius 1 is 1.37 bits per heavy atom. The second kappa shape index (κ2) is 5.37. The van der Waals surface area contributed by atoms with Crippen molar-refractivity contribution in [3.63, 3.8) is 0 Å². The van der Waals surface area contributed by atoms with Gasteiger partial charge in [0.2, 0.25) is 0 Å². The number of halogens is 2. The van der Waals surface area contributed by atoms with E-state index >= 15 is 0 Å². The summed E-state index contributed by atoms with van der Waals surface area (Å²) in [4.78, 5) is 11.7. The Bertz CT molecular complexity index is 496. The molecule has 1 saturated carbocycles. The van der Waals surface area contributed by atoms with Gasteiger partial charge in [-0.15, -0.1) is 0 Å². The Labute approximate surface area is 116 Å². The average Bonchev–Trinajstić information content (AvgIpc) is 2.42. The molecule has 1 aliphatic rings. The van der Waals surface area contributed by atoms with Gasteiger partial charge in [0.15, 0.2) is 0 Å². The van der Waals surface area contributed by atoms with E-state index < -0.39 is 17.2 Å². The van der Waals surface area contributed by atoms with Gasteiger partial charge in [0.1, 0.15) is 16.6 Å². The summed E-state index contributed by atoms with van der Waals surface area (Å²) in [5.41, 5.74) is -0.983. The van der Waals surface area contributed by atoms with E-state index in [2.05, 4.69) is 0 Å². The highest BCUT2D eigenvalue weighted by atomic mass is 35.5. The molecule has 5 heteroatoms. The molecule has 2 rings (SSSR count). The first-order valence-corrected chi connectivity index (χ1v) is 6.66. The molecule has 3 nitrogen and oxygen atoms in total. The zero-order valence-electron chi connectivity index (χ0n) is 10.7. The Morgan fingerprint density at radius 2 is 2.00 bits per heavy atom. The highest BCUT2D eigenvalue weighted by Crippen LogP contribution is 2.43. The third kappa shape index (κ3) is 2.29. The van der Waals surface area contributed by atoms with E-state index in [9.17, 15) is 14.3 Å². The second-order valence-electron chi connectivity index (χ2n) is 4.89. The van der Waals surface area contributed by atoms with Gasteiger partial charge in [0.25, 0.3) is 0 Å². The lowest BCUT2D eigenvalue weighted by Crippen LogP contribution is -2.38. The summed E-state index contributed by atoms with van der Waals surface area (Å²) in [6, 6.07) is 3.01. The second-order valence-corrected chi connectivity index (χ2v) is 5.27. The van der Waals surface area contributed by atoms with Crippen LogP contribution in [0, 0.1) is 5.82 Å². The monoisotopic (exact) mass is 286 g/mol. The molecule has 1 fully saturated rings. The van der Waals surface area contributed by atoms with Crippen molar-refractivity contribution < 1.29 is 19.0 Å². The minimum absolute atomic E-state index is 0.147. The van der Waals surface area contributed by atoms with Crippen molar-refractivity contribution in [2.45, 2.75) is 37.5 Å². The fraction of sp³-hybridized carbons (Fsp3) is 0.500. The zero-order valence-corrected chi connectivity index (χ0v) is 11.5. The van der Waals surface area contributed by atoms with E-state index in [0.29, 0.717) is 12.8 Å². The molecule has 0 saturated heterocycles. The van der Waals surface area contributed by atoms with Crippen LogP contribution < -0.4 is 4.74 Å². The van der Waals surface area contributed by atoms with Crippen LogP contribution in [0.15, 0.2) is 12.1 Å². The van der Waals surface area contributed by atoms with Crippen LogP contribution >= 0.6 is 11.6 Å². The molecule has 0 atom stereocenters. The first kappa shape index (κ1) is 14.1. The molecule has 1 aliphatic carbocycles. The lowest BCUT2D eigenvalue weighted by Gasteiger charge is -2.34. The van der Waals surface area contributed by atoms with Crippen LogP contribution in [0.25, 0.3) is 0 Å². The molecule has 1 aromatic rings. The minimum atomic E-state index is -1.15. The van der Waals surface area contributed by atoms with Crippen molar-refractivity contribution in [2.75, 3.05) is 7.11 Å². The summed E-state index contributed by atoms with van der Waals surface area (Å²) in [5.74, 6) is -1.43. The third-order valence-corrected chi connectivity index (χ3v) is 4.25. The Balaban J connectivity index is 2.54. The van der Waals surface area contributed by atoms with Gasteiger partial charge in [0, 0.05) is 5.56 Å². The Hall–Kier alpha value is -1.29. The molecule has 0 unspecified atom stereocenters. The first-order valence-electron chi connectivity index (χ1n) is 6.29. The van der Waals surface area contributed by atoms with Crippen LogP contribution in [-0.4, -0.2) is 18.2 Å². The van der Waals surface area contributed by atoms with Crippen LogP contribution in [0.2, 0.25) is 5.02 Å². The molecule has 0 bridgehead atoms. The highest BCUT2D eigenvalue weighted by Gasteiger charge is 2.43. The van der Waals surface area contributed by atoms with E-state index in [0.717, 1.165) is 19.3 Å². The maximum Gasteiger partial charge on any atom is 0.314 e. The first-order chi connectivity index (χ1) is 9.03. The normalized spacial score (nSPS) is 18.1. The van der Waals surface area contributed by atoms with E-state index in [-0.39, 0.29) is 16.3 Å². The topological polar surface area (TPSA) is 46.5 Å². The Kier molecular flexibility index (Phi) is 3.99. The van der Waals surface area contributed by atoms with Gasteiger partial charge in [-0.05, 0) is 18.9 Å². The van der Waals surface area contributed by atoms with E-state index in [1.807, 2.05) is 0 Å².